The SMILES string of the molecule is c1ccc(N(c2ccc(-c3cc4ccccc4c4ccccc34)cc2)c2ccc(-c3cccc4c3oc3cnccc34)cc2)cc1. The number of fused-ring (bicyclic) bond motifs is 6. The molecule has 2 aromatic heterocycles. The summed E-state index contributed by atoms with van der Waals surface area (Å²) in [6.07, 6.45) is 3.60. The monoisotopic (exact) mass is 588 g/mol. The molecule has 0 radical (unpaired) electrons. The maximum atomic E-state index is 6.28. The molecule has 9 rings (SSSR count). The van der Waals surface area contributed by atoms with Crippen LogP contribution < -0.4 is 4.90 Å². The van der Waals surface area contributed by atoms with Gasteiger partial charge in [-0.25, -0.2) is 0 Å². The molecule has 0 amide bonds. The minimum atomic E-state index is 0.803. The Kier molecular flexibility index (Phi) is 6.14. The number of aromatic nitrogens is 1. The largest absolute Gasteiger partial charge is 0.454 e. The van der Waals surface area contributed by atoms with E-state index in [0.29, 0.717) is 0 Å². The summed E-state index contributed by atoms with van der Waals surface area (Å²) in [4.78, 5) is 6.55. The number of pyridine rings is 1. The van der Waals surface area contributed by atoms with Gasteiger partial charge in [0.15, 0.2) is 5.58 Å². The third-order valence-electron chi connectivity index (χ3n) is 8.96. The molecule has 0 aliphatic heterocycles. The topological polar surface area (TPSA) is 29.3 Å². The Hall–Kier alpha value is -6.19. The van der Waals surface area contributed by atoms with Crippen LogP contribution in [0, 0.1) is 0 Å². The lowest BCUT2D eigenvalue weighted by molar-refractivity contribution is 0.668. The van der Waals surface area contributed by atoms with Crippen molar-refractivity contribution in [2.75, 3.05) is 4.90 Å². The Balaban J connectivity index is 1.12. The first-order chi connectivity index (χ1) is 22.8. The Bertz CT molecular complexity index is 2510. The Morgan fingerprint density at radius 1 is 0.435 bits per heavy atom. The van der Waals surface area contributed by atoms with E-state index in [4.69, 9.17) is 4.42 Å². The van der Waals surface area contributed by atoms with Gasteiger partial charge >= 0.3 is 0 Å². The van der Waals surface area contributed by atoms with Crippen LogP contribution in [0.4, 0.5) is 17.1 Å². The van der Waals surface area contributed by atoms with Gasteiger partial charge in [-0.05, 0) is 86.8 Å². The van der Waals surface area contributed by atoms with E-state index in [1.807, 2.05) is 12.3 Å². The highest BCUT2D eigenvalue weighted by Gasteiger charge is 2.16. The van der Waals surface area contributed by atoms with Gasteiger partial charge in [0.1, 0.15) is 5.58 Å². The average Bonchev–Trinajstić information content (AvgIpc) is 3.52. The van der Waals surface area contributed by atoms with Crippen molar-refractivity contribution in [2.24, 2.45) is 0 Å². The summed E-state index contributed by atoms with van der Waals surface area (Å²) in [5.74, 6) is 0. The number of hydrogen-bond acceptors (Lipinski definition) is 3. The third-order valence-corrected chi connectivity index (χ3v) is 8.96. The molecule has 0 atom stereocenters. The maximum Gasteiger partial charge on any atom is 0.153 e. The summed E-state index contributed by atoms with van der Waals surface area (Å²) in [6, 6.07) is 56.2. The lowest BCUT2D eigenvalue weighted by Crippen LogP contribution is -2.09. The van der Waals surface area contributed by atoms with Crippen LogP contribution in [-0.2, 0) is 0 Å². The first-order valence-corrected chi connectivity index (χ1v) is 15.5. The van der Waals surface area contributed by atoms with Crippen molar-refractivity contribution in [3.63, 3.8) is 0 Å². The van der Waals surface area contributed by atoms with Gasteiger partial charge in [-0.2, -0.15) is 0 Å². The third kappa shape index (κ3) is 4.33. The number of benzene rings is 7. The van der Waals surface area contributed by atoms with Crippen molar-refractivity contribution in [2.45, 2.75) is 0 Å². The molecule has 0 N–H and O–H groups in total. The first kappa shape index (κ1) is 26.2. The number of furan rings is 1. The van der Waals surface area contributed by atoms with Gasteiger partial charge in [-0.3, -0.25) is 4.98 Å². The predicted molar refractivity (Wildman–Crippen MR) is 192 cm³/mol. The molecule has 0 fully saturated rings. The van der Waals surface area contributed by atoms with E-state index in [0.717, 1.165) is 50.1 Å². The lowest BCUT2D eigenvalue weighted by atomic mass is 9.93. The van der Waals surface area contributed by atoms with Crippen molar-refractivity contribution >= 4 is 60.5 Å². The fraction of sp³-hybridized carbons (Fsp3) is 0. The number of para-hydroxylation sites is 2. The van der Waals surface area contributed by atoms with Crippen LogP contribution in [0.25, 0.3) is 65.7 Å². The quantitative estimate of drug-likeness (QED) is 0.187. The van der Waals surface area contributed by atoms with Gasteiger partial charge in [-0.15, -0.1) is 0 Å². The highest BCUT2D eigenvalue weighted by Crippen LogP contribution is 2.40. The van der Waals surface area contributed by atoms with Crippen LogP contribution in [-0.4, -0.2) is 4.98 Å². The van der Waals surface area contributed by atoms with Crippen molar-refractivity contribution in [1.82, 2.24) is 4.98 Å². The zero-order valence-electron chi connectivity index (χ0n) is 25.0. The number of nitrogens with zero attached hydrogens (tertiary/aromatic N) is 2. The molecule has 0 bridgehead atoms. The minimum Gasteiger partial charge on any atom is -0.454 e. The van der Waals surface area contributed by atoms with Crippen molar-refractivity contribution in [3.8, 4) is 22.3 Å². The molecular formula is C43H28N2O. The van der Waals surface area contributed by atoms with Crippen molar-refractivity contribution in [3.05, 3.63) is 170 Å². The molecule has 0 unspecified atom stereocenters. The first-order valence-electron chi connectivity index (χ1n) is 15.5. The smallest absolute Gasteiger partial charge is 0.153 e. The molecule has 3 heteroatoms. The Labute approximate surface area is 266 Å². The molecule has 7 aromatic carbocycles. The van der Waals surface area contributed by atoms with E-state index in [1.54, 1.807) is 6.20 Å². The molecule has 9 aromatic rings. The zero-order valence-corrected chi connectivity index (χ0v) is 25.0. The van der Waals surface area contributed by atoms with Gasteiger partial charge in [0.25, 0.3) is 0 Å². The van der Waals surface area contributed by atoms with E-state index in [2.05, 4.69) is 162 Å². The van der Waals surface area contributed by atoms with Crippen LogP contribution in [0.2, 0.25) is 0 Å². The van der Waals surface area contributed by atoms with Crippen molar-refractivity contribution in [1.29, 1.82) is 0 Å². The molecule has 0 saturated heterocycles. The molecule has 0 spiro atoms. The van der Waals surface area contributed by atoms with Gasteiger partial charge in [0.05, 0.1) is 6.20 Å². The van der Waals surface area contributed by atoms with Crippen LogP contribution in [0.15, 0.2) is 175 Å². The number of rotatable bonds is 5. The molecule has 0 aliphatic carbocycles. The van der Waals surface area contributed by atoms with E-state index in [1.165, 1.54) is 32.7 Å². The summed E-state index contributed by atoms with van der Waals surface area (Å²) in [7, 11) is 0. The molecule has 46 heavy (non-hydrogen) atoms. The number of hydrogen-bond donors (Lipinski definition) is 0. The summed E-state index contributed by atoms with van der Waals surface area (Å²) in [5.41, 5.74) is 9.58. The normalized spacial score (nSPS) is 11.5. The molecule has 2 heterocycles. The second-order valence-electron chi connectivity index (χ2n) is 11.6. The van der Waals surface area contributed by atoms with Gasteiger partial charge in [0.2, 0.25) is 0 Å². The second-order valence-corrected chi connectivity index (χ2v) is 11.6. The predicted octanol–water partition coefficient (Wildman–Crippen LogP) is 12.1. The van der Waals surface area contributed by atoms with Gasteiger partial charge in [0, 0.05) is 39.6 Å². The molecular weight excluding hydrogens is 560 g/mol. The van der Waals surface area contributed by atoms with Crippen molar-refractivity contribution < 1.29 is 4.42 Å². The molecule has 216 valence electrons. The zero-order chi connectivity index (χ0) is 30.5. The average molecular weight is 589 g/mol. The van der Waals surface area contributed by atoms with Gasteiger partial charge in [-0.1, -0.05) is 109 Å². The Morgan fingerprint density at radius 3 is 1.80 bits per heavy atom. The van der Waals surface area contributed by atoms with E-state index < -0.39 is 0 Å². The lowest BCUT2D eigenvalue weighted by Gasteiger charge is -2.26. The summed E-state index contributed by atoms with van der Waals surface area (Å²) in [5, 5.41) is 7.26. The maximum absolute atomic E-state index is 6.28. The van der Waals surface area contributed by atoms with Crippen LogP contribution in [0.1, 0.15) is 0 Å². The highest BCUT2D eigenvalue weighted by molar-refractivity contribution is 6.14. The van der Waals surface area contributed by atoms with Gasteiger partial charge < -0.3 is 9.32 Å². The Morgan fingerprint density at radius 2 is 1.04 bits per heavy atom. The minimum absolute atomic E-state index is 0.803. The highest BCUT2D eigenvalue weighted by atomic mass is 16.3. The molecule has 0 aliphatic rings. The van der Waals surface area contributed by atoms with E-state index in [-0.39, 0.29) is 0 Å². The van der Waals surface area contributed by atoms with E-state index >= 15 is 0 Å². The van der Waals surface area contributed by atoms with Crippen LogP contribution >= 0.6 is 0 Å². The summed E-state index contributed by atoms with van der Waals surface area (Å²) in [6.45, 7) is 0. The standard InChI is InChI=1S/C43H28N2O/c1-2-10-32(11-3-1)45(33-21-17-29(18-22-33)36-15-8-16-40-39-25-26-44-28-42(39)46-43(36)40)34-23-19-30(20-24-34)41-27-31-9-4-5-12-35(31)37-13-6-7-14-38(37)41/h1-28H. The fourth-order valence-electron chi connectivity index (χ4n) is 6.78. The molecule has 0 saturated carbocycles. The van der Waals surface area contributed by atoms with E-state index in [9.17, 15) is 0 Å². The summed E-state index contributed by atoms with van der Waals surface area (Å²) >= 11 is 0. The molecule has 3 nitrogen and oxygen atoms in total. The number of anilines is 3. The van der Waals surface area contributed by atoms with Crippen LogP contribution in [0.3, 0.4) is 0 Å². The second kappa shape index (κ2) is 10.8. The fourth-order valence-corrected chi connectivity index (χ4v) is 6.78. The summed E-state index contributed by atoms with van der Waals surface area (Å²) < 4.78 is 6.28. The van der Waals surface area contributed by atoms with Crippen LogP contribution in [0.5, 0.6) is 0 Å².